The second-order valence-electron chi connectivity index (χ2n) is 13.7. The summed E-state index contributed by atoms with van der Waals surface area (Å²) < 4.78 is 5.66. The van der Waals surface area contributed by atoms with Gasteiger partial charge < -0.3 is 9.84 Å². The lowest BCUT2D eigenvalue weighted by Gasteiger charge is -2.57. The molecule has 8 nitrogen and oxygen atoms in total. The average molecular weight is 687 g/mol. The molecule has 2 fully saturated rings. The molecule has 4 heterocycles. The second-order valence-corrected chi connectivity index (χ2v) is 14.5. The number of hydrogen-bond donors (Lipinski definition) is 1. The van der Waals surface area contributed by atoms with E-state index in [1.54, 1.807) is 13.3 Å². The summed E-state index contributed by atoms with van der Waals surface area (Å²) in [4.78, 5) is 32.7. The van der Waals surface area contributed by atoms with Crippen molar-refractivity contribution in [1.29, 1.82) is 0 Å². The Bertz CT molecular complexity index is 1870. The number of hydrogen-bond acceptors (Lipinski definition) is 8. The molecule has 0 radical (unpaired) electrons. The number of aromatic nitrogens is 3. The molecule has 4 aromatic rings. The van der Waals surface area contributed by atoms with Crippen molar-refractivity contribution in [3.63, 3.8) is 0 Å². The summed E-state index contributed by atoms with van der Waals surface area (Å²) in [5, 5.41) is 10.7. The van der Waals surface area contributed by atoms with Crippen molar-refractivity contribution in [3.05, 3.63) is 92.5 Å². The highest BCUT2D eigenvalue weighted by molar-refractivity contribution is 6.38. The Labute approximate surface area is 292 Å². The molecule has 0 atom stereocenters. The van der Waals surface area contributed by atoms with E-state index in [-0.39, 0.29) is 23.7 Å². The molecule has 7 rings (SSSR count). The van der Waals surface area contributed by atoms with E-state index < -0.39 is 0 Å². The van der Waals surface area contributed by atoms with E-state index in [4.69, 9.17) is 42.9 Å². The Balaban J connectivity index is 1.10. The molecular weight excluding hydrogens is 645 g/mol. The van der Waals surface area contributed by atoms with E-state index in [0.29, 0.717) is 39.4 Å². The molecule has 1 saturated heterocycles. The molecule has 48 heavy (non-hydrogen) atoms. The van der Waals surface area contributed by atoms with E-state index in [1.807, 2.05) is 42.5 Å². The van der Waals surface area contributed by atoms with E-state index in [9.17, 15) is 9.90 Å². The first-order valence-corrected chi connectivity index (χ1v) is 17.5. The summed E-state index contributed by atoms with van der Waals surface area (Å²) in [6.07, 6.45) is 5.54. The number of fused-ring (bicyclic) bond motifs is 1. The van der Waals surface area contributed by atoms with Crippen molar-refractivity contribution in [2.24, 2.45) is 5.41 Å². The van der Waals surface area contributed by atoms with E-state index in [1.165, 1.54) is 5.56 Å². The van der Waals surface area contributed by atoms with Gasteiger partial charge in [-0.15, -0.1) is 0 Å². The minimum atomic E-state index is -0.153. The largest absolute Gasteiger partial charge is 0.480 e. The summed E-state index contributed by atoms with van der Waals surface area (Å²) >= 11 is 14.1. The van der Waals surface area contributed by atoms with Crippen molar-refractivity contribution in [2.75, 3.05) is 33.3 Å². The van der Waals surface area contributed by atoms with Crippen molar-refractivity contribution in [2.45, 2.75) is 65.1 Å². The average Bonchev–Trinajstić information content (AvgIpc) is 3.04. The second kappa shape index (κ2) is 13.5. The molecule has 3 aliphatic rings. The van der Waals surface area contributed by atoms with Crippen LogP contribution in [0.25, 0.3) is 22.4 Å². The number of ketones is 1. The zero-order valence-corrected chi connectivity index (χ0v) is 29.2. The maximum Gasteiger partial charge on any atom is 0.237 e. The van der Waals surface area contributed by atoms with Gasteiger partial charge in [-0.05, 0) is 61.9 Å². The van der Waals surface area contributed by atoms with E-state index in [0.717, 1.165) is 92.0 Å². The standard InChI is InChI=1S/C38H41Cl2N5O3/c1-4-12-44-13-11-26-23(2)14-30(42-32(26)19-44)34(47)15-24-7-5-8-27(35(24)39)28-9-6-10-29(36(28)40)31-18-41-33(37(43-31)48-3)20-45-21-38(22-45)16-25(46)17-38/h5-10,14,18,25,46H,4,11-13,15-17,19-22H2,1-3H3. The summed E-state index contributed by atoms with van der Waals surface area (Å²) in [5.41, 5.74) is 8.44. The minimum absolute atomic E-state index is 0.0615. The quantitative estimate of drug-likeness (QED) is 0.179. The molecule has 1 saturated carbocycles. The maximum atomic E-state index is 13.6. The first-order valence-electron chi connectivity index (χ1n) is 16.8. The number of likely N-dealkylation sites (tertiary alicyclic amines) is 1. The van der Waals surface area contributed by atoms with Gasteiger partial charge in [0.05, 0.1) is 40.8 Å². The van der Waals surface area contributed by atoms with Gasteiger partial charge in [0.25, 0.3) is 0 Å². The van der Waals surface area contributed by atoms with Gasteiger partial charge in [-0.1, -0.05) is 66.5 Å². The fraction of sp³-hybridized carbons (Fsp3) is 0.421. The molecule has 0 unspecified atom stereocenters. The number of halogens is 2. The Morgan fingerprint density at radius 2 is 1.77 bits per heavy atom. The third-order valence-corrected chi connectivity index (χ3v) is 11.0. The summed E-state index contributed by atoms with van der Waals surface area (Å²) in [6.45, 7) is 9.65. The van der Waals surface area contributed by atoms with Crippen LogP contribution in [-0.4, -0.2) is 75.0 Å². The molecular formula is C38H41Cl2N5O3. The fourth-order valence-corrected chi connectivity index (χ4v) is 8.42. The van der Waals surface area contributed by atoms with E-state index >= 15 is 0 Å². The number of Topliss-reactive ketones (excluding diaryl/α,β-unsaturated/α-hetero) is 1. The maximum absolute atomic E-state index is 13.6. The summed E-state index contributed by atoms with van der Waals surface area (Å²) in [7, 11) is 1.60. The van der Waals surface area contributed by atoms with Crippen molar-refractivity contribution in [3.8, 4) is 28.3 Å². The molecule has 1 N–H and O–H groups in total. The van der Waals surface area contributed by atoms with Gasteiger partial charge in [0.15, 0.2) is 5.78 Å². The number of rotatable bonds is 10. The molecule has 1 aliphatic carbocycles. The number of carbonyl (C=O) groups is 1. The zero-order valence-electron chi connectivity index (χ0n) is 27.7. The third-order valence-electron chi connectivity index (χ3n) is 10.1. The Morgan fingerprint density at radius 1 is 1.04 bits per heavy atom. The number of carbonyl (C=O) groups excluding carboxylic acids is 1. The lowest BCUT2D eigenvalue weighted by molar-refractivity contribution is -0.131. The van der Waals surface area contributed by atoms with Crippen molar-refractivity contribution < 1.29 is 14.6 Å². The molecule has 2 aromatic heterocycles. The monoisotopic (exact) mass is 685 g/mol. The smallest absolute Gasteiger partial charge is 0.237 e. The number of ether oxygens (including phenoxy) is 1. The predicted octanol–water partition coefficient (Wildman–Crippen LogP) is 6.98. The van der Waals surface area contributed by atoms with Gasteiger partial charge in [-0.2, -0.15) is 0 Å². The van der Waals surface area contributed by atoms with Crippen LogP contribution in [0.2, 0.25) is 10.0 Å². The molecule has 2 aromatic carbocycles. The Kier molecular flexibility index (Phi) is 9.30. The highest BCUT2D eigenvalue weighted by Crippen LogP contribution is 2.49. The third kappa shape index (κ3) is 6.37. The topological polar surface area (TPSA) is 91.7 Å². The van der Waals surface area contributed by atoms with Crippen LogP contribution in [0, 0.1) is 12.3 Å². The van der Waals surface area contributed by atoms with Crippen molar-refractivity contribution in [1.82, 2.24) is 24.8 Å². The molecule has 2 aliphatic heterocycles. The number of aryl methyl sites for hydroxylation is 1. The lowest BCUT2D eigenvalue weighted by Crippen LogP contribution is -2.63. The number of nitrogens with zero attached hydrogens (tertiary/aromatic N) is 5. The first-order chi connectivity index (χ1) is 23.2. The van der Waals surface area contributed by atoms with Crippen LogP contribution >= 0.6 is 23.2 Å². The van der Waals surface area contributed by atoms with Crippen LogP contribution in [0.4, 0.5) is 0 Å². The highest BCUT2D eigenvalue weighted by Gasteiger charge is 2.51. The van der Waals surface area contributed by atoms with Gasteiger partial charge >= 0.3 is 0 Å². The number of pyridine rings is 1. The zero-order chi connectivity index (χ0) is 33.6. The molecule has 250 valence electrons. The Hall–Kier alpha value is -3.40. The van der Waals surface area contributed by atoms with Crippen LogP contribution in [0.5, 0.6) is 5.88 Å². The number of methoxy groups -OCH3 is 1. The summed E-state index contributed by atoms with van der Waals surface area (Å²) in [5.74, 6) is 0.403. The number of aliphatic hydroxyl groups is 1. The fourth-order valence-electron chi connectivity index (χ4n) is 7.80. The van der Waals surface area contributed by atoms with Crippen LogP contribution in [0.15, 0.2) is 48.7 Å². The highest BCUT2D eigenvalue weighted by atomic mass is 35.5. The van der Waals surface area contributed by atoms with Crippen molar-refractivity contribution >= 4 is 29.0 Å². The van der Waals surface area contributed by atoms with Crippen LogP contribution < -0.4 is 4.74 Å². The molecule has 1 spiro atoms. The molecule has 10 heteroatoms. The van der Waals surface area contributed by atoms with Crippen LogP contribution in [0.1, 0.15) is 64.8 Å². The van der Waals surface area contributed by atoms with Crippen LogP contribution in [0.3, 0.4) is 0 Å². The number of aliphatic hydroxyl groups excluding tert-OH is 1. The van der Waals surface area contributed by atoms with Gasteiger partial charge in [-0.25, -0.2) is 9.97 Å². The van der Waals surface area contributed by atoms with E-state index in [2.05, 4.69) is 23.6 Å². The Morgan fingerprint density at radius 3 is 2.50 bits per heavy atom. The molecule has 0 amide bonds. The number of benzene rings is 2. The van der Waals surface area contributed by atoms with Gasteiger partial charge in [0.1, 0.15) is 11.4 Å². The van der Waals surface area contributed by atoms with Gasteiger partial charge in [0.2, 0.25) is 5.88 Å². The minimum Gasteiger partial charge on any atom is -0.480 e. The predicted molar refractivity (Wildman–Crippen MR) is 189 cm³/mol. The lowest BCUT2D eigenvalue weighted by atomic mass is 9.62. The van der Waals surface area contributed by atoms with Gasteiger partial charge in [0, 0.05) is 61.2 Å². The first kappa shape index (κ1) is 33.1. The van der Waals surface area contributed by atoms with Crippen LogP contribution in [-0.2, 0) is 25.9 Å². The normalized spacial score (nSPS) is 17.5. The summed E-state index contributed by atoms with van der Waals surface area (Å²) in [6, 6.07) is 13.4. The van der Waals surface area contributed by atoms with Gasteiger partial charge in [-0.3, -0.25) is 19.6 Å². The SMILES string of the molecule is CCCN1CCc2c(C)cc(C(=O)Cc3cccc(-c4cccc(-c5cnc(CN6CC7(CC(O)C7)C6)c(OC)n5)c4Cl)c3Cl)nc2C1. The molecule has 0 bridgehead atoms.